The number of rotatable bonds is 25. The van der Waals surface area contributed by atoms with Gasteiger partial charge in [0.2, 0.25) is 23.6 Å². The van der Waals surface area contributed by atoms with Gasteiger partial charge in [-0.1, -0.05) is 103 Å². The third kappa shape index (κ3) is 14.2. The summed E-state index contributed by atoms with van der Waals surface area (Å²) in [4.78, 5) is 86.2. The van der Waals surface area contributed by atoms with Crippen LogP contribution in [-0.2, 0) is 51.1 Å². The van der Waals surface area contributed by atoms with E-state index in [-0.39, 0.29) is 66.3 Å². The van der Waals surface area contributed by atoms with Crippen LogP contribution in [0.5, 0.6) is 0 Å². The third-order valence-electron chi connectivity index (χ3n) is 14.7. The van der Waals surface area contributed by atoms with Crippen molar-refractivity contribution in [3.8, 4) is 0 Å². The van der Waals surface area contributed by atoms with Crippen LogP contribution in [0.15, 0.2) is 60.8 Å². The van der Waals surface area contributed by atoms with Gasteiger partial charge in [0.25, 0.3) is 5.91 Å². The van der Waals surface area contributed by atoms with Gasteiger partial charge in [-0.2, -0.15) is 0 Å². The topological polar surface area (TPSA) is 192 Å². The van der Waals surface area contributed by atoms with E-state index in [1.54, 1.807) is 21.1 Å². The van der Waals surface area contributed by atoms with E-state index in [4.69, 9.17) is 20.0 Å². The van der Waals surface area contributed by atoms with E-state index >= 15 is 0 Å². The van der Waals surface area contributed by atoms with Crippen LogP contribution in [0.4, 0.5) is 0 Å². The minimum atomic E-state index is -0.898. The van der Waals surface area contributed by atoms with Crippen LogP contribution in [0.1, 0.15) is 98.1 Å². The van der Waals surface area contributed by atoms with Crippen LogP contribution in [0, 0.1) is 23.7 Å². The SMILES string of the molecule is CC[C@H](C)[C@@H]([C@@H](CC(=O)N1CCC[C@H]1[C@H](OC)[C@@H](C)C(=O)N[C@@H](Cc1c[nH]c2ccccc12)C(=O)N1CCCCO1)OC)N(C)[C@H](C(=O)NC(=O)[C@H](C(C)C)N(C)C[C@@H](N)Cc1ccccc1)C(C)C. The maximum absolute atomic E-state index is 14.6. The predicted octanol–water partition coefficient (Wildman–Crippen LogP) is 5.34. The molecule has 2 fully saturated rings. The molecular weight excluding hydrogens is 889 g/mol. The number of nitrogens with one attached hydrogen (secondary N) is 3. The number of amides is 5. The van der Waals surface area contributed by atoms with Gasteiger partial charge < -0.3 is 30.4 Å². The van der Waals surface area contributed by atoms with Crippen LogP contribution >= 0.6 is 0 Å². The third-order valence-corrected chi connectivity index (χ3v) is 14.7. The molecule has 16 heteroatoms. The van der Waals surface area contributed by atoms with E-state index in [9.17, 15) is 24.0 Å². The largest absolute Gasteiger partial charge is 0.379 e. The fourth-order valence-electron chi connectivity index (χ4n) is 11.0. The van der Waals surface area contributed by atoms with Gasteiger partial charge in [-0.15, -0.1) is 0 Å². The lowest BCUT2D eigenvalue weighted by atomic mass is 9.87. The van der Waals surface area contributed by atoms with Crippen LogP contribution in [0.25, 0.3) is 10.9 Å². The number of carbonyl (C=O) groups excluding carboxylic acids is 5. The number of fused-ring (bicyclic) bond motifs is 1. The molecule has 0 bridgehead atoms. The fraction of sp³-hybridized carbons (Fsp3) is 0.648. The first-order valence-electron chi connectivity index (χ1n) is 25.6. The summed E-state index contributed by atoms with van der Waals surface area (Å²) in [6.45, 7) is 15.6. The number of aromatic amines is 1. The summed E-state index contributed by atoms with van der Waals surface area (Å²) in [6.07, 6.45) is 5.29. The van der Waals surface area contributed by atoms with Crippen molar-refractivity contribution in [2.75, 3.05) is 54.6 Å². The number of likely N-dealkylation sites (tertiary alicyclic amines) is 1. The summed E-state index contributed by atoms with van der Waals surface area (Å²) >= 11 is 0. The van der Waals surface area contributed by atoms with Crippen molar-refractivity contribution >= 4 is 40.4 Å². The molecule has 0 saturated carbocycles. The fourth-order valence-corrected chi connectivity index (χ4v) is 11.0. The lowest BCUT2D eigenvalue weighted by Gasteiger charge is -2.43. The number of para-hydroxylation sites is 1. The molecule has 10 atom stereocenters. The predicted molar refractivity (Wildman–Crippen MR) is 273 cm³/mol. The number of ether oxygens (including phenoxy) is 2. The average molecular weight is 973 g/mol. The summed E-state index contributed by atoms with van der Waals surface area (Å²) in [6, 6.07) is 14.6. The number of nitrogens with two attached hydrogens (primary N) is 1. The Morgan fingerprint density at radius 1 is 0.843 bits per heavy atom. The molecule has 388 valence electrons. The van der Waals surface area contributed by atoms with Crippen molar-refractivity contribution in [1.82, 2.24) is 35.4 Å². The highest BCUT2D eigenvalue weighted by atomic mass is 16.7. The van der Waals surface area contributed by atoms with Gasteiger partial charge in [-0.25, -0.2) is 5.06 Å². The molecule has 3 heterocycles. The monoisotopic (exact) mass is 973 g/mol. The Morgan fingerprint density at radius 3 is 2.14 bits per heavy atom. The molecule has 16 nitrogen and oxygen atoms in total. The van der Waals surface area contributed by atoms with Crippen molar-refractivity contribution < 1.29 is 38.3 Å². The van der Waals surface area contributed by atoms with Gasteiger partial charge in [0.1, 0.15) is 6.04 Å². The zero-order chi connectivity index (χ0) is 51.2. The molecule has 5 rings (SSSR count). The van der Waals surface area contributed by atoms with Gasteiger partial charge >= 0.3 is 0 Å². The van der Waals surface area contributed by atoms with Gasteiger partial charge in [-0.3, -0.25) is 43.9 Å². The number of benzene rings is 2. The second-order valence-electron chi connectivity index (χ2n) is 20.5. The highest BCUT2D eigenvalue weighted by molar-refractivity contribution is 6.00. The number of imide groups is 1. The summed E-state index contributed by atoms with van der Waals surface area (Å²) in [7, 11) is 6.90. The van der Waals surface area contributed by atoms with Crippen molar-refractivity contribution in [3.05, 3.63) is 71.9 Å². The molecule has 70 heavy (non-hydrogen) atoms. The molecule has 1 aromatic heterocycles. The standard InChI is InChI=1S/C54H84N8O8/c1-12-36(6)49(60(9)48(35(4)5)53(66)58-52(65)47(34(2)3)59(8)33-40(55)29-38-21-14-13-15-22-38)45(68-10)31-46(63)61-26-20-25-44(61)50(69-11)37(7)51(64)57-43(54(67)62-27-18-19-28-70-62)30-39-32-56-42-24-17-16-23-41(39)42/h13-17,21-24,32,34-37,40,43-45,47-50,56H,12,18-20,25-31,33,55H2,1-11H3,(H,57,64)(H,58,65,66)/t36-,37+,40-,43-,44-,45+,47-,48-,49-,50+/m0/s1. The molecule has 5 amide bonds. The van der Waals surface area contributed by atoms with Crippen LogP contribution in [0.2, 0.25) is 0 Å². The van der Waals surface area contributed by atoms with E-state index in [0.717, 1.165) is 47.7 Å². The summed E-state index contributed by atoms with van der Waals surface area (Å²) in [5.41, 5.74) is 9.53. The minimum Gasteiger partial charge on any atom is -0.379 e. The number of hydrogen-bond donors (Lipinski definition) is 4. The van der Waals surface area contributed by atoms with Gasteiger partial charge in [-0.05, 0) is 81.1 Å². The van der Waals surface area contributed by atoms with Crippen LogP contribution < -0.4 is 16.4 Å². The number of hydrogen-bond acceptors (Lipinski definition) is 11. The van der Waals surface area contributed by atoms with Crippen molar-refractivity contribution in [1.29, 1.82) is 0 Å². The smallest absolute Gasteiger partial charge is 0.269 e. The van der Waals surface area contributed by atoms with E-state index in [1.807, 2.05) is 117 Å². The zero-order valence-electron chi connectivity index (χ0n) is 43.8. The molecule has 0 radical (unpaired) electrons. The molecule has 0 spiro atoms. The Bertz CT molecular complexity index is 2150. The maximum Gasteiger partial charge on any atom is 0.269 e. The van der Waals surface area contributed by atoms with E-state index in [1.165, 1.54) is 5.06 Å². The van der Waals surface area contributed by atoms with E-state index < -0.39 is 48.2 Å². The van der Waals surface area contributed by atoms with Gasteiger partial charge in [0.05, 0.1) is 49.3 Å². The number of aromatic nitrogens is 1. The number of nitrogens with zero attached hydrogens (tertiary/aromatic N) is 4. The Labute approximate surface area is 417 Å². The summed E-state index contributed by atoms with van der Waals surface area (Å²) in [5, 5.41) is 8.20. The quantitative estimate of drug-likeness (QED) is 0.0858. The minimum absolute atomic E-state index is 0.00628. The average Bonchev–Trinajstić information content (AvgIpc) is 3.99. The second kappa shape index (κ2) is 26.7. The summed E-state index contributed by atoms with van der Waals surface area (Å²) in [5.74, 6) is -2.63. The maximum atomic E-state index is 14.6. The number of likely N-dealkylation sites (N-methyl/N-ethyl adjacent to an activating group) is 2. The molecule has 0 aliphatic carbocycles. The Kier molecular flexibility index (Phi) is 21.4. The first-order chi connectivity index (χ1) is 33.4. The number of hydroxylamine groups is 2. The Balaban J connectivity index is 1.28. The summed E-state index contributed by atoms with van der Waals surface area (Å²) < 4.78 is 12.3. The van der Waals surface area contributed by atoms with Gasteiger partial charge in [0, 0.05) is 69.5 Å². The lowest BCUT2D eigenvalue weighted by Crippen LogP contribution is -2.60. The number of H-pyrrole nitrogens is 1. The number of methoxy groups -OCH3 is 2. The molecule has 2 saturated heterocycles. The first-order valence-corrected chi connectivity index (χ1v) is 25.6. The van der Waals surface area contributed by atoms with E-state index in [0.29, 0.717) is 39.1 Å². The van der Waals surface area contributed by atoms with Crippen molar-refractivity contribution in [2.45, 2.75) is 148 Å². The molecular formula is C54H84N8O8. The number of carbonyl (C=O) groups is 5. The Morgan fingerprint density at radius 2 is 1.51 bits per heavy atom. The molecule has 2 aliphatic heterocycles. The Hall–Kier alpha value is -4.71. The molecule has 0 unspecified atom stereocenters. The lowest BCUT2D eigenvalue weighted by molar-refractivity contribution is -0.199. The molecule has 2 aliphatic rings. The molecule has 3 aromatic rings. The molecule has 2 aromatic carbocycles. The first kappa shape index (κ1) is 56.2. The second-order valence-corrected chi connectivity index (χ2v) is 20.5. The van der Waals surface area contributed by atoms with E-state index in [2.05, 4.69) is 29.5 Å². The molecule has 5 N–H and O–H groups in total. The van der Waals surface area contributed by atoms with Crippen molar-refractivity contribution in [3.63, 3.8) is 0 Å². The normalized spacial score (nSPS) is 19.5. The highest BCUT2D eigenvalue weighted by Gasteiger charge is 2.44. The highest BCUT2D eigenvalue weighted by Crippen LogP contribution is 2.31. The zero-order valence-corrected chi connectivity index (χ0v) is 43.8. The van der Waals surface area contributed by atoms with Crippen LogP contribution in [-0.4, -0.2) is 157 Å². The van der Waals surface area contributed by atoms with Crippen molar-refractivity contribution in [2.24, 2.45) is 29.4 Å². The van der Waals surface area contributed by atoms with Crippen LogP contribution in [0.3, 0.4) is 0 Å². The van der Waals surface area contributed by atoms with Gasteiger partial charge in [0.15, 0.2) is 0 Å².